The Bertz CT molecular complexity index is 260. The number of carbonyl (C=O) groups excluding carboxylic acids is 1. The topological polar surface area (TPSA) is 38.3 Å². The standard InChI is InChI=1S/C12H19NO2/c14-12(8-2-1-5-15-7-8)10-6-9-3-4-11(10)13-9/h8-11,13H,1-7H2. The summed E-state index contributed by atoms with van der Waals surface area (Å²) in [5.74, 6) is 0.981. The third-order valence-corrected chi connectivity index (χ3v) is 4.23. The van der Waals surface area contributed by atoms with Gasteiger partial charge in [0.25, 0.3) is 0 Å². The summed E-state index contributed by atoms with van der Waals surface area (Å²) >= 11 is 0. The van der Waals surface area contributed by atoms with Crippen LogP contribution in [0.2, 0.25) is 0 Å². The largest absolute Gasteiger partial charge is 0.381 e. The molecule has 0 aromatic heterocycles. The van der Waals surface area contributed by atoms with E-state index in [0.29, 0.717) is 30.4 Å². The Morgan fingerprint density at radius 2 is 2.20 bits per heavy atom. The molecule has 3 rings (SSSR count). The molecule has 0 saturated carbocycles. The quantitative estimate of drug-likeness (QED) is 0.740. The van der Waals surface area contributed by atoms with Crippen molar-refractivity contribution in [3.8, 4) is 0 Å². The van der Waals surface area contributed by atoms with E-state index >= 15 is 0 Å². The second-order valence-electron chi connectivity index (χ2n) is 5.21. The van der Waals surface area contributed by atoms with E-state index in [1.807, 2.05) is 0 Å². The van der Waals surface area contributed by atoms with E-state index in [0.717, 1.165) is 25.9 Å². The van der Waals surface area contributed by atoms with Crippen molar-refractivity contribution in [2.45, 2.75) is 44.2 Å². The van der Waals surface area contributed by atoms with Crippen LogP contribution in [-0.2, 0) is 9.53 Å². The molecule has 3 heteroatoms. The summed E-state index contributed by atoms with van der Waals surface area (Å²) in [6, 6.07) is 1.12. The summed E-state index contributed by atoms with van der Waals surface area (Å²) in [6.45, 7) is 1.52. The minimum atomic E-state index is 0.199. The second-order valence-corrected chi connectivity index (χ2v) is 5.21. The minimum Gasteiger partial charge on any atom is -0.381 e. The van der Waals surface area contributed by atoms with Crippen LogP contribution in [0.3, 0.4) is 0 Å². The molecule has 3 aliphatic heterocycles. The highest BCUT2D eigenvalue weighted by Crippen LogP contribution is 2.36. The van der Waals surface area contributed by atoms with Crippen molar-refractivity contribution in [3.05, 3.63) is 0 Å². The summed E-state index contributed by atoms with van der Waals surface area (Å²) in [6.07, 6.45) is 5.67. The molecule has 3 nitrogen and oxygen atoms in total. The highest BCUT2D eigenvalue weighted by Gasteiger charge is 2.44. The fourth-order valence-electron chi connectivity index (χ4n) is 3.41. The molecule has 4 unspecified atom stereocenters. The molecular formula is C12H19NO2. The molecule has 2 bridgehead atoms. The van der Waals surface area contributed by atoms with Crippen LogP contribution in [-0.4, -0.2) is 31.1 Å². The van der Waals surface area contributed by atoms with Crippen LogP contribution >= 0.6 is 0 Å². The normalized spacial score (nSPS) is 44.5. The van der Waals surface area contributed by atoms with E-state index < -0.39 is 0 Å². The third kappa shape index (κ3) is 1.72. The van der Waals surface area contributed by atoms with Gasteiger partial charge in [0.1, 0.15) is 5.78 Å². The molecule has 4 atom stereocenters. The third-order valence-electron chi connectivity index (χ3n) is 4.23. The van der Waals surface area contributed by atoms with Crippen molar-refractivity contribution in [2.75, 3.05) is 13.2 Å². The molecule has 3 heterocycles. The highest BCUT2D eigenvalue weighted by molar-refractivity contribution is 5.84. The first-order valence-corrected chi connectivity index (χ1v) is 6.22. The average Bonchev–Trinajstić information content (AvgIpc) is 2.91. The number of carbonyl (C=O) groups is 1. The van der Waals surface area contributed by atoms with Gasteiger partial charge in [-0.3, -0.25) is 4.79 Å². The maximum Gasteiger partial charge on any atom is 0.142 e. The smallest absolute Gasteiger partial charge is 0.142 e. The number of ketones is 1. The molecule has 0 aromatic rings. The van der Waals surface area contributed by atoms with Crippen LogP contribution in [0.25, 0.3) is 0 Å². The first-order valence-electron chi connectivity index (χ1n) is 6.22. The number of nitrogens with one attached hydrogen (secondary N) is 1. The molecule has 3 aliphatic rings. The van der Waals surface area contributed by atoms with Gasteiger partial charge in [0.15, 0.2) is 0 Å². The fraction of sp³-hybridized carbons (Fsp3) is 0.917. The first-order chi connectivity index (χ1) is 7.34. The lowest BCUT2D eigenvalue weighted by Crippen LogP contribution is -2.36. The van der Waals surface area contributed by atoms with Crippen LogP contribution in [0, 0.1) is 11.8 Å². The Morgan fingerprint density at radius 3 is 2.80 bits per heavy atom. The molecule has 0 amide bonds. The van der Waals surface area contributed by atoms with Crippen LogP contribution in [0.15, 0.2) is 0 Å². The second kappa shape index (κ2) is 3.87. The average molecular weight is 209 g/mol. The molecule has 0 spiro atoms. The number of ether oxygens (including phenoxy) is 1. The fourth-order valence-corrected chi connectivity index (χ4v) is 3.41. The van der Waals surface area contributed by atoms with Crippen LogP contribution in [0.5, 0.6) is 0 Å². The van der Waals surface area contributed by atoms with Crippen LogP contribution < -0.4 is 5.32 Å². The van der Waals surface area contributed by atoms with Gasteiger partial charge >= 0.3 is 0 Å². The van der Waals surface area contributed by atoms with Gasteiger partial charge in [-0.1, -0.05) is 0 Å². The van der Waals surface area contributed by atoms with E-state index in [4.69, 9.17) is 4.74 Å². The maximum absolute atomic E-state index is 12.3. The highest BCUT2D eigenvalue weighted by atomic mass is 16.5. The predicted octanol–water partition coefficient (Wildman–Crippen LogP) is 1.12. The molecule has 1 N–H and O–H groups in total. The number of hydrogen-bond acceptors (Lipinski definition) is 3. The van der Waals surface area contributed by atoms with Gasteiger partial charge in [-0.2, -0.15) is 0 Å². The van der Waals surface area contributed by atoms with Crippen molar-refractivity contribution in [3.63, 3.8) is 0 Å². The number of fused-ring (bicyclic) bond motifs is 2. The first kappa shape index (κ1) is 9.79. The molecule has 0 radical (unpaired) electrons. The summed E-state index contributed by atoms with van der Waals surface area (Å²) in [5.41, 5.74) is 0. The van der Waals surface area contributed by atoms with Crippen LogP contribution in [0.1, 0.15) is 32.1 Å². The Balaban J connectivity index is 1.64. The van der Waals surface area contributed by atoms with Crippen molar-refractivity contribution in [2.24, 2.45) is 11.8 Å². The van der Waals surface area contributed by atoms with E-state index in [-0.39, 0.29) is 5.92 Å². The summed E-state index contributed by atoms with van der Waals surface area (Å²) in [5, 5.41) is 3.54. The molecular weight excluding hydrogens is 190 g/mol. The maximum atomic E-state index is 12.3. The van der Waals surface area contributed by atoms with Gasteiger partial charge in [-0.15, -0.1) is 0 Å². The van der Waals surface area contributed by atoms with Crippen LogP contribution in [0.4, 0.5) is 0 Å². The Kier molecular flexibility index (Phi) is 2.53. The van der Waals surface area contributed by atoms with Gasteiger partial charge in [-0.25, -0.2) is 0 Å². The molecule has 0 aromatic carbocycles. The zero-order chi connectivity index (χ0) is 10.3. The predicted molar refractivity (Wildman–Crippen MR) is 56.6 cm³/mol. The summed E-state index contributed by atoms with van der Waals surface area (Å²) in [7, 11) is 0. The van der Waals surface area contributed by atoms with E-state index in [1.165, 1.54) is 12.8 Å². The van der Waals surface area contributed by atoms with Gasteiger partial charge in [0, 0.05) is 30.5 Å². The Morgan fingerprint density at radius 1 is 1.27 bits per heavy atom. The van der Waals surface area contributed by atoms with E-state index in [1.54, 1.807) is 0 Å². The molecule has 0 aliphatic carbocycles. The van der Waals surface area contributed by atoms with Gasteiger partial charge in [-0.05, 0) is 32.1 Å². The molecule has 15 heavy (non-hydrogen) atoms. The number of Topliss-reactive ketones (excluding diaryl/α,β-unsaturated/α-hetero) is 1. The lowest BCUT2D eigenvalue weighted by Gasteiger charge is -2.26. The summed E-state index contributed by atoms with van der Waals surface area (Å²) < 4.78 is 5.40. The zero-order valence-electron chi connectivity index (χ0n) is 9.08. The van der Waals surface area contributed by atoms with Gasteiger partial charge in [0.2, 0.25) is 0 Å². The molecule has 3 saturated heterocycles. The molecule has 3 fully saturated rings. The monoisotopic (exact) mass is 209 g/mol. The lowest BCUT2D eigenvalue weighted by molar-refractivity contribution is -0.131. The van der Waals surface area contributed by atoms with E-state index in [2.05, 4.69) is 5.32 Å². The van der Waals surface area contributed by atoms with Crippen molar-refractivity contribution < 1.29 is 9.53 Å². The SMILES string of the molecule is O=C(C1CCCOC1)C1CC2CCC1N2. The van der Waals surface area contributed by atoms with Gasteiger partial charge in [0.05, 0.1) is 6.61 Å². The number of hydrogen-bond donors (Lipinski definition) is 1. The lowest BCUT2D eigenvalue weighted by atomic mass is 9.80. The Labute approximate surface area is 90.6 Å². The number of rotatable bonds is 2. The molecule has 84 valence electrons. The Hall–Kier alpha value is -0.410. The van der Waals surface area contributed by atoms with Crippen molar-refractivity contribution >= 4 is 5.78 Å². The zero-order valence-corrected chi connectivity index (χ0v) is 9.08. The van der Waals surface area contributed by atoms with Crippen molar-refractivity contribution in [1.82, 2.24) is 5.32 Å². The minimum absolute atomic E-state index is 0.199. The van der Waals surface area contributed by atoms with E-state index in [9.17, 15) is 4.79 Å². The van der Waals surface area contributed by atoms with Gasteiger partial charge < -0.3 is 10.1 Å². The summed E-state index contributed by atoms with van der Waals surface area (Å²) in [4.78, 5) is 12.3. The van der Waals surface area contributed by atoms with Crippen molar-refractivity contribution in [1.29, 1.82) is 0 Å².